The van der Waals surface area contributed by atoms with Crippen LogP contribution in [0.15, 0.2) is 89.5 Å². The number of carboxylic acids is 1. The number of aromatic nitrogens is 1. The van der Waals surface area contributed by atoms with Crippen molar-refractivity contribution in [3.63, 3.8) is 0 Å². The number of nitrogens with zero attached hydrogens (tertiary/aromatic N) is 3. The van der Waals surface area contributed by atoms with Crippen LogP contribution in [0.5, 0.6) is 0 Å². The standard InChI is InChI=1S/C35H36N4O5/c1-8-19-15(3)22-12-24-17(5)21(10-11-28(40)41)32(38-24)30-31(35(43)44-7)34(42)29-18(6)25(39-33(29)30)14-27-20(9-2)16(4)23(37-27)13-26(19)36-22/h8,12-14,31,35-36,42-43H,1,9-11H2,2-7H3,(H,40,41)/t31-,35+/m1/s1. The molecule has 8 bridgehead atoms. The number of aliphatic hydroxyl groups is 2. The third-order valence-corrected chi connectivity index (χ3v) is 9.22. The molecule has 9 heteroatoms. The van der Waals surface area contributed by atoms with Gasteiger partial charge in [0.15, 0.2) is 6.29 Å². The second-order valence-corrected chi connectivity index (χ2v) is 11.6. The molecule has 44 heavy (non-hydrogen) atoms. The van der Waals surface area contributed by atoms with Crippen molar-refractivity contribution in [3.05, 3.63) is 96.3 Å². The summed E-state index contributed by atoms with van der Waals surface area (Å²) in [6, 6.07) is 0. The Balaban J connectivity index is 1.74. The van der Waals surface area contributed by atoms with Gasteiger partial charge in [0.05, 0.1) is 40.1 Å². The first kappa shape index (κ1) is 29.5. The first-order valence-electron chi connectivity index (χ1n) is 14.8. The molecule has 0 aromatic carbocycles. The van der Waals surface area contributed by atoms with Crippen molar-refractivity contribution in [3.8, 4) is 0 Å². The van der Waals surface area contributed by atoms with E-state index in [9.17, 15) is 20.1 Å². The zero-order chi connectivity index (χ0) is 31.6. The Hall–Kier alpha value is -4.60. The Morgan fingerprint density at radius 1 is 1.05 bits per heavy atom. The van der Waals surface area contributed by atoms with E-state index >= 15 is 0 Å². The van der Waals surface area contributed by atoms with E-state index in [1.165, 1.54) is 7.11 Å². The number of ether oxygens (including phenoxy) is 1. The Morgan fingerprint density at radius 2 is 1.73 bits per heavy atom. The van der Waals surface area contributed by atoms with Crippen molar-refractivity contribution in [1.29, 1.82) is 0 Å². The average molecular weight is 593 g/mol. The van der Waals surface area contributed by atoms with Gasteiger partial charge in [-0.15, -0.1) is 0 Å². The normalized spacial score (nSPS) is 21.5. The number of nitrogens with one attached hydrogen (secondary N) is 1. The number of aliphatic hydroxyl groups excluding tert-OH is 2. The largest absolute Gasteiger partial charge is 0.511 e. The van der Waals surface area contributed by atoms with Crippen LogP contribution in [-0.2, 0) is 9.53 Å². The summed E-state index contributed by atoms with van der Waals surface area (Å²) < 4.78 is 5.34. The maximum absolute atomic E-state index is 11.7. The quantitative estimate of drug-likeness (QED) is 0.342. The lowest BCUT2D eigenvalue weighted by molar-refractivity contribution is -0.136. The minimum atomic E-state index is -1.37. The molecule has 4 N–H and O–H groups in total. The fraction of sp³-hybridized carbons (Fsp3) is 0.314. The first-order chi connectivity index (χ1) is 21.0. The van der Waals surface area contributed by atoms with Gasteiger partial charge in [0.2, 0.25) is 0 Å². The van der Waals surface area contributed by atoms with E-state index < -0.39 is 18.2 Å². The summed E-state index contributed by atoms with van der Waals surface area (Å²) in [7, 11) is 1.37. The van der Waals surface area contributed by atoms with Crippen molar-refractivity contribution in [2.45, 2.75) is 60.2 Å². The number of aliphatic imine (C=N–C) groups is 3. The third kappa shape index (κ3) is 4.38. The van der Waals surface area contributed by atoms with Crippen LogP contribution >= 0.6 is 0 Å². The van der Waals surface area contributed by atoms with E-state index in [0.29, 0.717) is 34.0 Å². The molecule has 0 amide bonds. The number of hydrogen-bond acceptors (Lipinski definition) is 7. The van der Waals surface area contributed by atoms with Crippen molar-refractivity contribution < 1.29 is 24.9 Å². The number of allylic oxidation sites excluding steroid dienone is 7. The molecule has 0 saturated heterocycles. The van der Waals surface area contributed by atoms with Gasteiger partial charge in [-0.3, -0.25) is 4.79 Å². The molecule has 0 saturated carbocycles. The van der Waals surface area contributed by atoms with E-state index in [1.54, 1.807) is 0 Å². The molecule has 1 aromatic rings. The summed E-state index contributed by atoms with van der Waals surface area (Å²) in [6.45, 7) is 14.1. The lowest BCUT2D eigenvalue weighted by Gasteiger charge is -2.21. The van der Waals surface area contributed by atoms with Crippen molar-refractivity contribution in [1.82, 2.24) is 4.98 Å². The molecule has 226 valence electrons. The molecule has 1 aromatic heterocycles. The van der Waals surface area contributed by atoms with Gasteiger partial charge in [0.25, 0.3) is 0 Å². The predicted octanol–water partition coefficient (Wildman–Crippen LogP) is 4.63. The summed E-state index contributed by atoms with van der Waals surface area (Å²) in [4.78, 5) is 30.3. The first-order valence-corrected chi connectivity index (χ1v) is 14.8. The second kappa shape index (κ2) is 10.8. The van der Waals surface area contributed by atoms with Gasteiger partial charge in [-0.05, 0) is 92.2 Å². The van der Waals surface area contributed by atoms with Crippen LogP contribution in [0.2, 0.25) is 0 Å². The number of hydrogen-bond donors (Lipinski definition) is 4. The van der Waals surface area contributed by atoms with Crippen LogP contribution in [-0.4, -0.2) is 56.8 Å². The summed E-state index contributed by atoms with van der Waals surface area (Å²) in [5, 5.41) is 33.9. The Bertz CT molecular complexity index is 1980. The highest BCUT2D eigenvalue weighted by molar-refractivity contribution is 6.26. The van der Waals surface area contributed by atoms with Crippen LogP contribution in [0.25, 0.3) is 18.2 Å². The van der Waals surface area contributed by atoms with E-state index in [2.05, 4.69) is 25.4 Å². The van der Waals surface area contributed by atoms with Crippen LogP contribution in [0.1, 0.15) is 58.1 Å². The molecule has 5 aliphatic rings. The van der Waals surface area contributed by atoms with Gasteiger partial charge < -0.3 is 25.0 Å². The number of H-pyrrole nitrogens is 1. The van der Waals surface area contributed by atoms with E-state index in [1.807, 2.05) is 45.1 Å². The average Bonchev–Trinajstić information content (AvgIpc) is 3.72. The number of aliphatic carboxylic acids is 1. The number of carbonyl (C=O) groups is 1. The van der Waals surface area contributed by atoms with E-state index in [-0.39, 0.29) is 18.6 Å². The molecule has 2 atom stereocenters. The Morgan fingerprint density at radius 3 is 2.39 bits per heavy atom. The number of aromatic amines is 1. The third-order valence-electron chi connectivity index (χ3n) is 9.22. The smallest absolute Gasteiger partial charge is 0.303 e. The van der Waals surface area contributed by atoms with Crippen molar-refractivity contribution >= 4 is 41.3 Å². The van der Waals surface area contributed by atoms with Crippen LogP contribution in [0.3, 0.4) is 0 Å². The van der Waals surface area contributed by atoms with Crippen LogP contribution in [0, 0.1) is 12.8 Å². The maximum atomic E-state index is 11.7. The molecule has 5 heterocycles. The molecule has 4 aliphatic heterocycles. The Labute approximate surface area is 255 Å². The lowest BCUT2D eigenvalue weighted by atomic mass is 9.91. The molecule has 0 fully saturated rings. The van der Waals surface area contributed by atoms with E-state index in [4.69, 9.17) is 19.7 Å². The van der Waals surface area contributed by atoms with Gasteiger partial charge in [0.1, 0.15) is 5.76 Å². The minimum absolute atomic E-state index is 0.0534. The van der Waals surface area contributed by atoms with Gasteiger partial charge in [-0.2, -0.15) is 0 Å². The highest BCUT2D eigenvalue weighted by Crippen LogP contribution is 2.48. The molecule has 1 aliphatic carbocycles. The number of carboxylic acid groups (broad SMARTS) is 1. The minimum Gasteiger partial charge on any atom is -0.511 e. The SMILES string of the molecule is C=Cc1c(C)c2[nH]c1=CC1=NC(=CC3=C(C)C4=C(O)[C@H]([C@@H](O)OC)C(=C5N=C(C=2)C(C)=C5CCC(=O)O)C4=N3)C(CC)=C1C. The molecular weight excluding hydrogens is 556 g/mol. The highest BCUT2D eigenvalue weighted by Gasteiger charge is 2.46. The van der Waals surface area contributed by atoms with Crippen LogP contribution < -0.4 is 10.7 Å². The summed E-state index contributed by atoms with van der Waals surface area (Å²) in [6.07, 6.45) is 7.28. The maximum Gasteiger partial charge on any atom is 0.303 e. The number of methoxy groups -OCH3 is 1. The summed E-state index contributed by atoms with van der Waals surface area (Å²) in [5.41, 5.74) is 11.4. The fourth-order valence-electron chi connectivity index (χ4n) is 6.74. The lowest BCUT2D eigenvalue weighted by Crippen LogP contribution is -2.26. The second-order valence-electron chi connectivity index (χ2n) is 11.6. The van der Waals surface area contributed by atoms with Crippen LogP contribution in [0.4, 0.5) is 0 Å². The Kier molecular flexibility index (Phi) is 7.26. The van der Waals surface area contributed by atoms with Gasteiger partial charge in [-0.1, -0.05) is 19.6 Å². The highest BCUT2D eigenvalue weighted by atomic mass is 16.6. The molecule has 6 rings (SSSR count). The monoisotopic (exact) mass is 592 g/mol. The summed E-state index contributed by atoms with van der Waals surface area (Å²) in [5.74, 6) is -1.94. The fourth-order valence-corrected chi connectivity index (χ4v) is 6.74. The van der Waals surface area contributed by atoms with Gasteiger partial charge in [0, 0.05) is 40.9 Å². The molecule has 0 radical (unpaired) electrons. The molecule has 0 spiro atoms. The number of rotatable bonds is 7. The van der Waals surface area contributed by atoms with Crippen molar-refractivity contribution in [2.75, 3.05) is 7.11 Å². The topological polar surface area (TPSA) is 140 Å². The predicted molar refractivity (Wildman–Crippen MR) is 173 cm³/mol. The summed E-state index contributed by atoms with van der Waals surface area (Å²) >= 11 is 0. The molecular formula is C35H36N4O5. The molecule has 9 nitrogen and oxygen atoms in total. The van der Waals surface area contributed by atoms with E-state index in [0.717, 1.165) is 67.5 Å². The number of fused-ring (bicyclic) bond motifs is 5. The zero-order valence-corrected chi connectivity index (χ0v) is 25.8. The molecule has 0 unspecified atom stereocenters. The van der Waals surface area contributed by atoms with Gasteiger partial charge in [-0.25, -0.2) is 15.0 Å². The van der Waals surface area contributed by atoms with Crippen molar-refractivity contribution in [2.24, 2.45) is 20.9 Å². The van der Waals surface area contributed by atoms with Gasteiger partial charge >= 0.3 is 5.97 Å². The zero-order valence-electron chi connectivity index (χ0n) is 25.8.